The number of nitrogens with zero attached hydrogens (tertiary/aromatic N) is 2. The molecule has 0 atom stereocenters. The molecule has 0 aliphatic heterocycles. The van der Waals surface area contributed by atoms with E-state index in [1.165, 1.54) is 12.3 Å². The summed E-state index contributed by atoms with van der Waals surface area (Å²) < 4.78 is 2.03. The Bertz CT molecular complexity index is 818. The van der Waals surface area contributed by atoms with Gasteiger partial charge in [0, 0.05) is 35.9 Å². The molecule has 0 saturated carbocycles. The van der Waals surface area contributed by atoms with E-state index in [0.29, 0.717) is 5.69 Å². The van der Waals surface area contributed by atoms with E-state index in [4.69, 9.17) is 5.11 Å². The molecule has 3 aromatic rings. The molecule has 1 aromatic carbocycles. The number of hydrogen-bond acceptors (Lipinski definition) is 2. The third-order valence-corrected chi connectivity index (χ3v) is 3.51. The summed E-state index contributed by atoms with van der Waals surface area (Å²) in [7, 11) is 1.98. The van der Waals surface area contributed by atoms with Gasteiger partial charge >= 0.3 is 5.97 Å². The minimum atomic E-state index is -0.939. The SMILES string of the molecule is Cc1cccc2c1c(-c1cc(C(=O)O)ccn1)cn2C. The largest absolute Gasteiger partial charge is 0.478 e. The van der Waals surface area contributed by atoms with E-state index in [1.54, 1.807) is 6.07 Å². The molecule has 0 saturated heterocycles. The molecule has 3 rings (SSSR count). The van der Waals surface area contributed by atoms with E-state index >= 15 is 0 Å². The van der Waals surface area contributed by atoms with Gasteiger partial charge in [-0.1, -0.05) is 12.1 Å². The Morgan fingerprint density at radius 3 is 2.85 bits per heavy atom. The quantitative estimate of drug-likeness (QED) is 0.774. The summed E-state index contributed by atoms with van der Waals surface area (Å²) in [6.07, 6.45) is 3.53. The topological polar surface area (TPSA) is 55.1 Å². The second-order valence-corrected chi connectivity index (χ2v) is 4.86. The van der Waals surface area contributed by atoms with Crippen molar-refractivity contribution in [1.82, 2.24) is 9.55 Å². The smallest absolute Gasteiger partial charge is 0.335 e. The second kappa shape index (κ2) is 4.49. The predicted molar refractivity (Wildman–Crippen MR) is 77.8 cm³/mol. The van der Waals surface area contributed by atoms with Gasteiger partial charge < -0.3 is 9.67 Å². The Labute approximate surface area is 116 Å². The van der Waals surface area contributed by atoms with Crippen LogP contribution in [0.2, 0.25) is 0 Å². The van der Waals surface area contributed by atoms with Crippen molar-refractivity contribution in [3.8, 4) is 11.3 Å². The van der Waals surface area contributed by atoms with Crippen molar-refractivity contribution < 1.29 is 9.90 Å². The standard InChI is InChI=1S/C16H14N2O2/c1-10-4-3-5-14-15(10)12(9-18(14)2)13-8-11(16(19)20)6-7-17-13/h3-9H,1-2H3,(H,19,20). The fraction of sp³-hybridized carbons (Fsp3) is 0.125. The minimum absolute atomic E-state index is 0.251. The zero-order valence-corrected chi connectivity index (χ0v) is 11.3. The highest BCUT2D eigenvalue weighted by atomic mass is 16.4. The first-order valence-electron chi connectivity index (χ1n) is 6.32. The lowest BCUT2D eigenvalue weighted by Gasteiger charge is -2.03. The van der Waals surface area contributed by atoms with Crippen LogP contribution in [0, 0.1) is 6.92 Å². The van der Waals surface area contributed by atoms with Crippen LogP contribution in [0.15, 0.2) is 42.7 Å². The van der Waals surface area contributed by atoms with Crippen molar-refractivity contribution in [3.63, 3.8) is 0 Å². The van der Waals surface area contributed by atoms with Crippen LogP contribution < -0.4 is 0 Å². The predicted octanol–water partition coefficient (Wildman–Crippen LogP) is 3.25. The molecule has 0 spiro atoms. The van der Waals surface area contributed by atoms with Gasteiger partial charge in [-0.15, -0.1) is 0 Å². The minimum Gasteiger partial charge on any atom is -0.478 e. The van der Waals surface area contributed by atoms with E-state index in [9.17, 15) is 4.79 Å². The van der Waals surface area contributed by atoms with E-state index in [1.807, 2.05) is 42.9 Å². The van der Waals surface area contributed by atoms with Gasteiger partial charge in [0.25, 0.3) is 0 Å². The zero-order valence-electron chi connectivity index (χ0n) is 11.3. The van der Waals surface area contributed by atoms with Gasteiger partial charge in [0.15, 0.2) is 0 Å². The van der Waals surface area contributed by atoms with Gasteiger partial charge in [-0.2, -0.15) is 0 Å². The van der Waals surface area contributed by atoms with Crippen LogP contribution in [0.5, 0.6) is 0 Å². The van der Waals surface area contributed by atoms with Crippen molar-refractivity contribution in [3.05, 3.63) is 53.9 Å². The van der Waals surface area contributed by atoms with Gasteiger partial charge in [-0.3, -0.25) is 4.98 Å². The summed E-state index contributed by atoms with van der Waals surface area (Å²) in [6, 6.07) is 9.23. The summed E-state index contributed by atoms with van der Waals surface area (Å²) in [5, 5.41) is 10.2. The average Bonchev–Trinajstić information content (AvgIpc) is 2.78. The Balaban J connectivity index is 2.30. The van der Waals surface area contributed by atoms with Gasteiger partial charge in [0.1, 0.15) is 0 Å². The van der Waals surface area contributed by atoms with Crippen molar-refractivity contribution in [2.45, 2.75) is 6.92 Å². The van der Waals surface area contributed by atoms with E-state index in [0.717, 1.165) is 22.0 Å². The van der Waals surface area contributed by atoms with Crippen molar-refractivity contribution in [2.75, 3.05) is 0 Å². The molecule has 0 amide bonds. The van der Waals surface area contributed by atoms with Gasteiger partial charge in [0.05, 0.1) is 11.3 Å². The number of aryl methyl sites for hydroxylation is 2. The maximum absolute atomic E-state index is 11.1. The molecule has 4 nitrogen and oxygen atoms in total. The van der Waals surface area contributed by atoms with Crippen LogP contribution in [0.4, 0.5) is 0 Å². The van der Waals surface area contributed by atoms with Crippen molar-refractivity contribution in [1.29, 1.82) is 0 Å². The van der Waals surface area contributed by atoms with Crippen molar-refractivity contribution in [2.24, 2.45) is 7.05 Å². The first-order valence-corrected chi connectivity index (χ1v) is 6.32. The lowest BCUT2D eigenvalue weighted by atomic mass is 10.0. The molecule has 0 bridgehead atoms. The highest BCUT2D eigenvalue weighted by molar-refractivity contribution is 5.98. The number of pyridine rings is 1. The lowest BCUT2D eigenvalue weighted by molar-refractivity contribution is 0.0697. The van der Waals surface area contributed by atoms with Crippen LogP contribution in [-0.4, -0.2) is 20.6 Å². The molecule has 2 heterocycles. The molecular formula is C16H14N2O2. The molecule has 4 heteroatoms. The molecule has 0 radical (unpaired) electrons. The zero-order chi connectivity index (χ0) is 14.3. The highest BCUT2D eigenvalue weighted by Gasteiger charge is 2.13. The van der Waals surface area contributed by atoms with Crippen LogP contribution in [-0.2, 0) is 7.05 Å². The number of rotatable bonds is 2. The van der Waals surface area contributed by atoms with E-state index in [-0.39, 0.29) is 5.56 Å². The Hall–Kier alpha value is -2.62. The summed E-state index contributed by atoms with van der Waals surface area (Å²) in [4.78, 5) is 15.4. The van der Waals surface area contributed by atoms with E-state index < -0.39 is 5.97 Å². The average molecular weight is 266 g/mol. The third kappa shape index (κ3) is 1.86. The number of carbonyl (C=O) groups is 1. The lowest BCUT2D eigenvalue weighted by Crippen LogP contribution is -1.97. The molecule has 1 N–H and O–H groups in total. The molecule has 0 aliphatic rings. The van der Waals surface area contributed by atoms with Gasteiger partial charge in [0.2, 0.25) is 0 Å². The summed E-state index contributed by atoms with van der Waals surface area (Å²) in [5.41, 5.74) is 4.16. The molecule has 2 aromatic heterocycles. The highest BCUT2D eigenvalue weighted by Crippen LogP contribution is 2.31. The van der Waals surface area contributed by atoms with Crippen LogP contribution in [0.3, 0.4) is 0 Å². The van der Waals surface area contributed by atoms with Gasteiger partial charge in [-0.25, -0.2) is 4.79 Å². The first kappa shape index (κ1) is 12.4. The third-order valence-electron chi connectivity index (χ3n) is 3.51. The van der Waals surface area contributed by atoms with Gasteiger partial charge in [-0.05, 0) is 30.7 Å². The number of hydrogen-bond donors (Lipinski definition) is 1. The maximum Gasteiger partial charge on any atom is 0.335 e. The molecule has 0 aliphatic carbocycles. The molecule has 0 unspecified atom stereocenters. The van der Waals surface area contributed by atoms with Crippen molar-refractivity contribution >= 4 is 16.9 Å². The monoisotopic (exact) mass is 266 g/mol. The maximum atomic E-state index is 11.1. The second-order valence-electron chi connectivity index (χ2n) is 4.86. The molecule has 0 fully saturated rings. The normalized spacial score (nSPS) is 10.9. The number of aromatic carboxylic acids is 1. The summed E-state index contributed by atoms with van der Waals surface area (Å²) in [6.45, 7) is 2.05. The number of carboxylic acid groups (broad SMARTS) is 1. The number of benzene rings is 1. The van der Waals surface area contributed by atoms with Crippen LogP contribution >= 0.6 is 0 Å². The summed E-state index contributed by atoms with van der Waals surface area (Å²) >= 11 is 0. The van der Waals surface area contributed by atoms with Crippen LogP contribution in [0.1, 0.15) is 15.9 Å². The Morgan fingerprint density at radius 1 is 1.30 bits per heavy atom. The molecular weight excluding hydrogens is 252 g/mol. The fourth-order valence-electron chi connectivity index (χ4n) is 2.53. The van der Waals surface area contributed by atoms with Crippen LogP contribution in [0.25, 0.3) is 22.2 Å². The fourth-order valence-corrected chi connectivity index (χ4v) is 2.53. The summed E-state index contributed by atoms with van der Waals surface area (Å²) in [5.74, 6) is -0.939. The van der Waals surface area contributed by atoms with E-state index in [2.05, 4.69) is 4.98 Å². The Morgan fingerprint density at radius 2 is 2.10 bits per heavy atom. The Kier molecular flexibility index (Phi) is 2.79. The number of carboxylic acids is 1. The molecule has 20 heavy (non-hydrogen) atoms. The first-order chi connectivity index (χ1) is 9.58. The molecule has 100 valence electrons. The number of aromatic nitrogens is 2. The number of fused-ring (bicyclic) bond motifs is 1.